The van der Waals surface area contributed by atoms with E-state index < -0.39 is 0 Å². The van der Waals surface area contributed by atoms with E-state index >= 15 is 0 Å². The minimum Gasteiger partial charge on any atom is -0.305 e. The Bertz CT molecular complexity index is 613. The van der Waals surface area contributed by atoms with Crippen LogP contribution in [0.3, 0.4) is 0 Å². The fraction of sp³-hybridized carbons (Fsp3) is 0.200. The zero-order valence-electron chi connectivity index (χ0n) is 10.3. The van der Waals surface area contributed by atoms with Gasteiger partial charge in [-0.3, -0.25) is 9.78 Å². The van der Waals surface area contributed by atoms with Crippen LogP contribution in [0, 0.1) is 5.82 Å². The van der Waals surface area contributed by atoms with Gasteiger partial charge in [0.25, 0.3) is 5.91 Å². The summed E-state index contributed by atoms with van der Waals surface area (Å²) in [5, 5.41) is 0. The fourth-order valence-corrected chi connectivity index (χ4v) is 2.46. The molecule has 0 unspecified atom stereocenters. The van der Waals surface area contributed by atoms with Crippen molar-refractivity contribution in [1.82, 2.24) is 4.98 Å². The number of hydrogen-bond donors (Lipinski definition) is 0. The van der Waals surface area contributed by atoms with E-state index in [2.05, 4.69) is 4.98 Å². The summed E-state index contributed by atoms with van der Waals surface area (Å²) in [6.07, 6.45) is 4.80. The maximum Gasteiger partial charge on any atom is 0.258 e. The van der Waals surface area contributed by atoms with Crippen LogP contribution < -0.4 is 4.90 Å². The van der Waals surface area contributed by atoms with Gasteiger partial charge in [-0.25, -0.2) is 4.39 Å². The number of fused-ring (bicyclic) bond motifs is 1. The summed E-state index contributed by atoms with van der Waals surface area (Å²) in [7, 11) is 0. The zero-order valence-corrected chi connectivity index (χ0v) is 10.3. The lowest BCUT2D eigenvalue weighted by atomic mass is 10.0. The lowest BCUT2D eigenvalue weighted by Gasteiger charge is -2.29. The molecule has 3 rings (SSSR count). The molecule has 2 heterocycles. The first-order chi connectivity index (χ1) is 9.27. The first-order valence-corrected chi connectivity index (χ1v) is 6.26. The molecule has 0 saturated heterocycles. The summed E-state index contributed by atoms with van der Waals surface area (Å²) in [6, 6.07) is 8.27. The average Bonchev–Trinajstić information content (AvgIpc) is 2.47. The minimum absolute atomic E-state index is 0.173. The Labute approximate surface area is 110 Å². The van der Waals surface area contributed by atoms with Crippen molar-refractivity contribution >= 4 is 11.6 Å². The normalized spacial score (nSPS) is 14.1. The Hall–Kier alpha value is -2.23. The monoisotopic (exact) mass is 256 g/mol. The van der Waals surface area contributed by atoms with Gasteiger partial charge in [-0.1, -0.05) is 12.1 Å². The number of benzene rings is 1. The highest BCUT2D eigenvalue weighted by Gasteiger charge is 2.26. The van der Waals surface area contributed by atoms with Crippen molar-refractivity contribution in [3.63, 3.8) is 0 Å². The molecule has 4 heteroatoms. The number of aromatic nitrogens is 1. The van der Waals surface area contributed by atoms with Crippen LogP contribution in [0.4, 0.5) is 10.1 Å². The third kappa shape index (κ3) is 2.10. The third-order valence-corrected chi connectivity index (χ3v) is 3.34. The van der Waals surface area contributed by atoms with Crippen LogP contribution in [0.25, 0.3) is 0 Å². The van der Waals surface area contributed by atoms with E-state index in [-0.39, 0.29) is 11.7 Å². The molecule has 19 heavy (non-hydrogen) atoms. The van der Waals surface area contributed by atoms with Gasteiger partial charge in [0.2, 0.25) is 0 Å². The maximum atomic E-state index is 14.0. The number of pyridine rings is 1. The Balaban J connectivity index is 2.03. The van der Waals surface area contributed by atoms with Gasteiger partial charge in [-0.05, 0) is 36.6 Å². The Morgan fingerprint density at radius 2 is 2.00 bits per heavy atom. The average molecular weight is 256 g/mol. The van der Waals surface area contributed by atoms with Crippen LogP contribution in [-0.4, -0.2) is 17.4 Å². The van der Waals surface area contributed by atoms with Gasteiger partial charge in [0.05, 0.1) is 5.69 Å². The van der Waals surface area contributed by atoms with E-state index in [1.54, 1.807) is 30.6 Å². The molecular formula is C15H13FN2O. The molecule has 0 bridgehead atoms. The van der Waals surface area contributed by atoms with E-state index in [4.69, 9.17) is 0 Å². The van der Waals surface area contributed by atoms with Crippen molar-refractivity contribution < 1.29 is 9.18 Å². The molecule has 96 valence electrons. The number of carbonyl (C=O) groups excluding carboxylic acids is 1. The summed E-state index contributed by atoms with van der Waals surface area (Å²) in [5.74, 6) is -0.506. The molecule has 0 saturated carbocycles. The molecule has 0 fully saturated rings. The predicted molar refractivity (Wildman–Crippen MR) is 70.6 cm³/mol. The molecule has 1 aliphatic heterocycles. The first kappa shape index (κ1) is 11.8. The maximum absolute atomic E-state index is 14.0. The second kappa shape index (κ2) is 4.80. The second-order valence-electron chi connectivity index (χ2n) is 4.54. The fourth-order valence-electron chi connectivity index (χ4n) is 2.46. The minimum atomic E-state index is -0.334. The highest BCUT2D eigenvalue weighted by molar-refractivity contribution is 6.06. The summed E-state index contributed by atoms with van der Waals surface area (Å²) in [5.41, 5.74) is 1.86. The van der Waals surface area contributed by atoms with E-state index in [9.17, 15) is 9.18 Å². The number of rotatable bonds is 1. The highest BCUT2D eigenvalue weighted by atomic mass is 19.1. The van der Waals surface area contributed by atoms with Gasteiger partial charge < -0.3 is 4.90 Å². The van der Waals surface area contributed by atoms with Crippen LogP contribution in [0.15, 0.2) is 42.7 Å². The standard InChI is InChI=1S/C15H13FN2O/c16-13-5-1-3-11-4-2-10-18(14(11)13)15(19)12-6-8-17-9-7-12/h1,3,5-9H,2,4,10H2. The molecule has 0 radical (unpaired) electrons. The van der Waals surface area contributed by atoms with Crippen molar-refractivity contribution in [3.8, 4) is 0 Å². The van der Waals surface area contributed by atoms with Crippen molar-refractivity contribution in [1.29, 1.82) is 0 Å². The lowest BCUT2D eigenvalue weighted by molar-refractivity contribution is 0.0984. The van der Waals surface area contributed by atoms with E-state index in [1.807, 2.05) is 6.07 Å². The molecule has 0 atom stereocenters. The molecule has 3 nitrogen and oxygen atoms in total. The first-order valence-electron chi connectivity index (χ1n) is 6.26. The van der Waals surface area contributed by atoms with Gasteiger partial charge in [-0.15, -0.1) is 0 Å². The number of carbonyl (C=O) groups is 1. The lowest BCUT2D eigenvalue weighted by Crippen LogP contribution is -2.36. The Morgan fingerprint density at radius 3 is 2.79 bits per heavy atom. The van der Waals surface area contributed by atoms with E-state index in [1.165, 1.54) is 11.0 Å². The van der Waals surface area contributed by atoms with Gasteiger partial charge in [-0.2, -0.15) is 0 Å². The molecule has 1 aromatic carbocycles. The predicted octanol–water partition coefficient (Wildman–Crippen LogP) is 2.81. The van der Waals surface area contributed by atoms with Crippen molar-refractivity contribution in [3.05, 3.63) is 59.7 Å². The Morgan fingerprint density at radius 1 is 1.21 bits per heavy atom. The smallest absolute Gasteiger partial charge is 0.258 e. The number of anilines is 1. The van der Waals surface area contributed by atoms with Gasteiger partial charge in [0.15, 0.2) is 0 Å². The van der Waals surface area contributed by atoms with Crippen molar-refractivity contribution in [2.45, 2.75) is 12.8 Å². The highest BCUT2D eigenvalue weighted by Crippen LogP contribution is 2.30. The second-order valence-corrected chi connectivity index (χ2v) is 4.54. The largest absolute Gasteiger partial charge is 0.305 e. The molecule has 1 amide bonds. The molecule has 1 aliphatic rings. The number of para-hydroxylation sites is 1. The molecule has 0 aliphatic carbocycles. The molecule has 1 aromatic heterocycles. The molecule has 0 spiro atoms. The number of aryl methyl sites for hydroxylation is 1. The van der Waals surface area contributed by atoms with Crippen LogP contribution in [0.1, 0.15) is 22.3 Å². The summed E-state index contributed by atoms with van der Waals surface area (Å²) < 4.78 is 14.0. The summed E-state index contributed by atoms with van der Waals surface area (Å²) >= 11 is 0. The third-order valence-electron chi connectivity index (χ3n) is 3.34. The zero-order chi connectivity index (χ0) is 13.2. The van der Waals surface area contributed by atoms with Crippen molar-refractivity contribution in [2.75, 3.05) is 11.4 Å². The van der Waals surface area contributed by atoms with Crippen LogP contribution in [0.2, 0.25) is 0 Å². The number of hydrogen-bond acceptors (Lipinski definition) is 2. The van der Waals surface area contributed by atoms with Gasteiger partial charge in [0, 0.05) is 24.5 Å². The van der Waals surface area contributed by atoms with Gasteiger partial charge in [0.1, 0.15) is 5.82 Å². The van der Waals surface area contributed by atoms with E-state index in [0.29, 0.717) is 17.8 Å². The van der Waals surface area contributed by atoms with Crippen molar-refractivity contribution in [2.24, 2.45) is 0 Å². The number of nitrogens with zero attached hydrogens (tertiary/aromatic N) is 2. The topological polar surface area (TPSA) is 33.2 Å². The van der Waals surface area contributed by atoms with Gasteiger partial charge >= 0.3 is 0 Å². The SMILES string of the molecule is O=C(c1ccncc1)N1CCCc2cccc(F)c21. The summed E-state index contributed by atoms with van der Waals surface area (Å²) in [6.45, 7) is 0.551. The molecule has 2 aromatic rings. The quantitative estimate of drug-likeness (QED) is 0.786. The van der Waals surface area contributed by atoms with Crippen LogP contribution in [0.5, 0.6) is 0 Å². The van der Waals surface area contributed by atoms with Crippen LogP contribution in [-0.2, 0) is 6.42 Å². The number of halogens is 1. The number of amides is 1. The Kier molecular flexibility index (Phi) is 2.99. The summed E-state index contributed by atoms with van der Waals surface area (Å²) in [4.78, 5) is 17.9. The van der Waals surface area contributed by atoms with E-state index in [0.717, 1.165) is 18.4 Å². The molecular weight excluding hydrogens is 243 g/mol. The van der Waals surface area contributed by atoms with Crippen LogP contribution >= 0.6 is 0 Å². The molecule has 0 N–H and O–H groups in total.